The smallest absolute Gasteiger partial charge is 0.248 e. The molecule has 0 saturated heterocycles. The zero-order valence-corrected chi connectivity index (χ0v) is 9.81. The summed E-state index contributed by atoms with van der Waals surface area (Å²) >= 11 is 0. The van der Waals surface area contributed by atoms with Gasteiger partial charge >= 0.3 is 0 Å². The van der Waals surface area contributed by atoms with Gasteiger partial charge in [-0.05, 0) is 19.8 Å². The molecule has 0 aromatic rings. The summed E-state index contributed by atoms with van der Waals surface area (Å²) in [4.78, 5) is 13.6. The SMILES string of the molecule is C=C(C)C(=O)N(CCCC)CCCC. The Morgan fingerprint density at radius 1 is 1.14 bits per heavy atom. The lowest BCUT2D eigenvalue weighted by molar-refractivity contribution is -0.127. The topological polar surface area (TPSA) is 20.3 Å². The fourth-order valence-electron chi connectivity index (χ4n) is 1.28. The number of hydrogen-bond donors (Lipinski definition) is 0. The summed E-state index contributed by atoms with van der Waals surface area (Å²) in [5.41, 5.74) is 0.650. The summed E-state index contributed by atoms with van der Waals surface area (Å²) in [6, 6.07) is 0. The third-order valence-corrected chi connectivity index (χ3v) is 2.22. The van der Waals surface area contributed by atoms with E-state index in [-0.39, 0.29) is 5.91 Å². The van der Waals surface area contributed by atoms with E-state index in [4.69, 9.17) is 0 Å². The molecule has 0 spiro atoms. The Hall–Kier alpha value is -0.790. The molecular weight excluding hydrogens is 174 g/mol. The quantitative estimate of drug-likeness (QED) is 0.574. The number of hydrogen-bond acceptors (Lipinski definition) is 1. The molecule has 0 aliphatic carbocycles. The van der Waals surface area contributed by atoms with Crippen LogP contribution in [0.4, 0.5) is 0 Å². The van der Waals surface area contributed by atoms with Crippen LogP contribution in [0.25, 0.3) is 0 Å². The molecule has 14 heavy (non-hydrogen) atoms. The van der Waals surface area contributed by atoms with Crippen LogP contribution in [0.15, 0.2) is 12.2 Å². The second-order valence-electron chi connectivity index (χ2n) is 3.78. The van der Waals surface area contributed by atoms with E-state index in [0.717, 1.165) is 38.8 Å². The zero-order valence-electron chi connectivity index (χ0n) is 9.81. The molecule has 0 fully saturated rings. The monoisotopic (exact) mass is 197 g/mol. The van der Waals surface area contributed by atoms with Gasteiger partial charge in [0.25, 0.3) is 0 Å². The molecule has 1 amide bonds. The molecule has 2 heteroatoms. The third kappa shape index (κ3) is 5.05. The van der Waals surface area contributed by atoms with Crippen LogP contribution in [-0.4, -0.2) is 23.9 Å². The van der Waals surface area contributed by atoms with E-state index < -0.39 is 0 Å². The first kappa shape index (κ1) is 13.2. The minimum Gasteiger partial charge on any atom is -0.339 e. The summed E-state index contributed by atoms with van der Waals surface area (Å²) in [6.07, 6.45) is 4.43. The van der Waals surface area contributed by atoms with E-state index in [2.05, 4.69) is 20.4 Å². The van der Waals surface area contributed by atoms with Crippen molar-refractivity contribution in [1.82, 2.24) is 4.90 Å². The Labute approximate surface area is 88.0 Å². The lowest BCUT2D eigenvalue weighted by Gasteiger charge is -2.22. The standard InChI is InChI=1S/C12H23NO/c1-5-7-9-13(10-8-6-2)12(14)11(3)4/h3,5-10H2,1-2,4H3. The van der Waals surface area contributed by atoms with E-state index in [1.165, 1.54) is 0 Å². The highest BCUT2D eigenvalue weighted by Crippen LogP contribution is 2.04. The highest BCUT2D eigenvalue weighted by molar-refractivity contribution is 5.92. The Bertz CT molecular complexity index is 179. The van der Waals surface area contributed by atoms with Crippen molar-refractivity contribution < 1.29 is 4.79 Å². The van der Waals surface area contributed by atoms with Crippen LogP contribution in [0.2, 0.25) is 0 Å². The largest absolute Gasteiger partial charge is 0.339 e. The van der Waals surface area contributed by atoms with Gasteiger partial charge in [0.2, 0.25) is 5.91 Å². The molecule has 0 aromatic carbocycles. The summed E-state index contributed by atoms with van der Waals surface area (Å²) in [6.45, 7) is 11.5. The summed E-state index contributed by atoms with van der Waals surface area (Å²) in [5, 5.41) is 0. The second kappa shape index (κ2) is 7.60. The molecule has 0 N–H and O–H groups in total. The van der Waals surface area contributed by atoms with Crippen LogP contribution >= 0.6 is 0 Å². The predicted octanol–water partition coefficient (Wildman–Crippen LogP) is 2.99. The van der Waals surface area contributed by atoms with Crippen molar-refractivity contribution in [2.75, 3.05) is 13.1 Å². The maximum Gasteiger partial charge on any atom is 0.248 e. The first-order valence-corrected chi connectivity index (χ1v) is 5.58. The van der Waals surface area contributed by atoms with Crippen molar-refractivity contribution in [1.29, 1.82) is 0 Å². The van der Waals surface area contributed by atoms with Gasteiger partial charge in [0.15, 0.2) is 0 Å². The predicted molar refractivity (Wildman–Crippen MR) is 61.2 cm³/mol. The van der Waals surface area contributed by atoms with Crippen LogP contribution in [0.3, 0.4) is 0 Å². The fraction of sp³-hybridized carbons (Fsp3) is 0.750. The molecule has 0 atom stereocenters. The number of amides is 1. The van der Waals surface area contributed by atoms with Crippen LogP contribution in [0, 0.1) is 0 Å². The number of carbonyl (C=O) groups is 1. The van der Waals surface area contributed by atoms with Gasteiger partial charge in [0.05, 0.1) is 0 Å². The number of rotatable bonds is 7. The Kier molecular flexibility index (Phi) is 7.17. The van der Waals surface area contributed by atoms with Gasteiger partial charge < -0.3 is 4.90 Å². The summed E-state index contributed by atoms with van der Waals surface area (Å²) in [7, 11) is 0. The molecule has 0 aliphatic rings. The van der Waals surface area contributed by atoms with Crippen molar-refractivity contribution in [3.8, 4) is 0 Å². The minimum absolute atomic E-state index is 0.118. The molecule has 0 bridgehead atoms. The summed E-state index contributed by atoms with van der Waals surface area (Å²) < 4.78 is 0. The maximum absolute atomic E-state index is 11.7. The van der Waals surface area contributed by atoms with Crippen LogP contribution in [-0.2, 0) is 4.79 Å². The van der Waals surface area contributed by atoms with E-state index in [9.17, 15) is 4.79 Å². The summed E-state index contributed by atoms with van der Waals surface area (Å²) in [5.74, 6) is 0.118. The molecule has 0 unspecified atom stereocenters. The second-order valence-corrected chi connectivity index (χ2v) is 3.78. The first-order chi connectivity index (χ1) is 6.63. The molecule has 0 aromatic heterocycles. The van der Waals surface area contributed by atoms with Crippen molar-refractivity contribution in [3.63, 3.8) is 0 Å². The first-order valence-electron chi connectivity index (χ1n) is 5.58. The number of unbranched alkanes of at least 4 members (excludes halogenated alkanes) is 2. The normalized spacial score (nSPS) is 9.93. The highest BCUT2D eigenvalue weighted by Gasteiger charge is 2.12. The lowest BCUT2D eigenvalue weighted by Crippen LogP contribution is -2.33. The molecule has 0 radical (unpaired) electrons. The average molecular weight is 197 g/mol. The van der Waals surface area contributed by atoms with Crippen molar-refractivity contribution in [2.24, 2.45) is 0 Å². The van der Waals surface area contributed by atoms with Gasteiger partial charge in [-0.15, -0.1) is 0 Å². The van der Waals surface area contributed by atoms with Crippen LogP contribution in [0.5, 0.6) is 0 Å². The zero-order chi connectivity index (χ0) is 11.0. The molecule has 0 heterocycles. The van der Waals surface area contributed by atoms with Gasteiger partial charge in [0, 0.05) is 18.7 Å². The van der Waals surface area contributed by atoms with Crippen molar-refractivity contribution >= 4 is 5.91 Å². The third-order valence-electron chi connectivity index (χ3n) is 2.22. The number of carbonyl (C=O) groups excluding carboxylic acids is 1. The van der Waals surface area contributed by atoms with E-state index in [1.807, 2.05) is 4.90 Å². The molecular formula is C12H23NO. The van der Waals surface area contributed by atoms with Gasteiger partial charge in [-0.2, -0.15) is 0 Å². The van der Waals surface area contributed by atoms with Crippen molar-refractivity contribution in [3.05, 3.63) is 12.2 Å². The van der Waals surface area contributed by atoms with Crippen LogP contribution < -0.4 is 0 Å². The molecule has 0 saturated carbocycles. The van der Waals surface area contributed by atoms with Crippen LogP contribution in [0.1, 0.15) is 46.5 Å². The van der Waals surface area contributed by atoms with Gasteiger partial charge in [-0.3, -0.25) is 4.79 Å². The maximum atomic E-state index is 11.7. The Morgan fingerprint density at radius 3 is 1.86 bits per heavy atom. The fourth-order valence-corrected chi connectivity index (χ4v) is 1.28. The average Bonchev–Trinajstić information content (AvgIpc) is 2.17. The van der Waals surface area contributed by atoms with Gasteiger partial charge in [-0.25, -0.2) is 0 Å². The molecule has 82 valence electrons. The van der Waals surface area contributed by atoms with Gasteiger partial charge in [0.1, 0.15) is 0 Å². The number of nitrogens with zero attached hydrogens (tertiary/aromatic N) is 1. The molecule has 0 aliphatic heterocycles. The van der Waals surface area contributed by atoms with Crippen molar-refractivity contribution in [2.45, 2.75) is 46.5 Å². The van der Waals surface area contributed by atoms with Gasteiger partial charge in [-0.1, -0.05) is 33.3 Å². The molecule has 0 rings (SSSR count). The minimum atomic E-state index is 0.118. The van der Waals surface area contributed by atoms with E-state index >= 15 is 0 Å². The van der Waals surface area contributed by atoms with E-state index in [0.29, 0.717) is 5.57 Å². The Balaban J connectivity index is 4.08. The lowest BCUT2D eigenvalue weighted by atomic mass is 10.2. The van der Waals surface area contributed by atoms with E-state index in [1.54, 1.807) is 6.92 Å². The Morgan fingerprint density at radius 2 is 1.57 bits per heavy atom. The molecule has 2 nitrogen and oxygen atoms in total. The highest BCUT2D eigenvalue weighted by atomic mass is 16.2.